The van der Waals surface area contributed by atoms with Crippen LogP contribution < -0.4 is 19.9 Å². The van der Waals surface area contributed by atoms with E-state index in [1.807, 2.05) is 31.2 Å². The third kappa shape index (κ3) is 4.77. The van der Waals surface area contributed by atoms with Gasteiger partial charge < -0.3 is 24.7 Å². The Morgan fingerprint density at radius 3 is 2.23 bits per heavy atom. The smallest absolute Gasteiger partial charge is 0.338 e. The van der Waals surface area contributed by atoms with Crippen LogP contribution in [0.4, 0.5) is 0 Å². The lowest BCUT2D eigenvalue weighted by molar-refractivity contribution is -0.120. The third-order valence-electron chi connectivity index (χ3n) is 4.49. The van der Waals surface area contributed by atoms with Crippen molar-refractivity contribution in [1.29, 1.82) is 0 Å². The lowest BCUT2D eigenvalue weighted by atomic mass is 10.1. The number of fused-ring (bicyclic) bond motifs is 1. The maximum atomic E-state index is 12.6. The number of carbonyl (C=O) groups excluding carboxylic acids is 3. The molecule has 8 nitrogen and oxygen atoms in total. The highest BCUT2D eigenvalue weighted by molar-refractivity contribution is 7.21. The van der Waals surface area contributed by atoms with Crippen LogP contribution in [0.25, 0.3) is 10.1 Å². The summed E-state index contributed by atoms with van der Waals surface area (Å²) in [5.41, 5.74) is 6.06. The number of methoxy groups -OCH3 is 2. The highest BCUT2D eigenvalue weighted by atomic mass is 32.1. The number of carbonyl (C=O) groups is 3. The number of primary amides is 1. The zero-order valence-electron chi connectivity index (χ0n) is 17.2. The van der Waals surface area contributed by atoms with Crippen LogP contribution in [-0.4, -0.2) is 45.1 Å². The molecule has 0 fully saturated rings. The van der Waals surface area contributed by atoms with Crippen molar-refractivity contribution in [3.8, 4) is 17.2 Å². The standard InChI is InChI=1S/C22H21NO7S/c1-12-14-6-4-5-7-18(14)31-21(12)15(24)10-30-22(26)13-8-16(27-2)20(17(9-13)28-3)29-11-19(23)25/h4-9H,10-11H2,1-3H3,(H2,23,25). The number of benzene rings is 2. The summed E-state index contributed by atoms with van der Waals surface area (Å²) in [5.74, 6) is -1.27. The van der Waals surface area contributed by atoms with Crippen molar-refractivity contribution in [3.05, 3.63) is 52.4 Å². The maximum Gasteiger partial charge on any atom is 0.338 e. The molecule has 1 aromatic heterocycles. The first-order chi connectivity index (χ1) is 14.8. The maximum absolute atomic E-state index is 12.6. The molecule has 162 valence electrons. The Hall–Kier alpha value is -3.59. The molecule has 0 unspecified atom stereocenters. The molecule has 0 atom stereocenters. The zero-order valence-corrected chi connectivity index (χ0v) is 18.0. The van der Waals surface area contributed by atoms with Crippen molar-refractivity contribution in [1.82, 2.24) is 0 Å². The average molecular weight is 443 g/mol. The lowest BCUT2D eigenvalue weighted by Gasteiger charge is -2.15. The molecule has 1 heterocycles. The van der Waals surface area contributed by atoms with Crippen LogP contribution in [-0.2, 0) is 9.53 Å². The Morgan fingerprint density at radius 2 is 1.65 bits per heavy atom. The van der Waals surface area contributed by atoms with E-state index in [0.717, 1.165) is 15.6 Å². The summed E-state index contributed by atoms with van der Waals surface area (Å²) in [7, 11) is 2.74. The van der Waals surface area contributed by atoms with Gasteiger partial charge in [0, 0.05) is 4.70 Å². The van der Waals surface area contributed by atoms with E-state index < -0.39 is 18.5 Å². The monoisotopic (exact) mass is 443 g/mol. The summed E-state index contributed by atoms with van der Waals surface area (Å²) in [5, 5.41) is 1.00. The lowest BCUT2D eigenvalue weighted by Crippen LogP contribution is -2.20. The number of thiophene rings is 1. The number of esters is 1. The molecule has 0 spiro atoms. The number of hydrogen-bond donors (Lipinski definition) is 1. The summed E-state index contributed by atoms with van der Waals surface area (Å²) in [6.45, 7) is 1.07. The summed E-state index contributed by atoms with van der Waals surface area (Å²) in [6.07, 6.45) is 0. The minimum Gasteiger partial charge on any atom is -0.493 e. The van der Waals surface area contributed by atoms with Crippen LogP contribution in [0.15, 0.2) is 36.4 Å². The molecule has 31 heavy (non-hydrogen) atoms. The summed E-state index contributed by atoms with van der Waals surface area (Å²) in [4.78, 5) is 36.8. The Bertz CT molecular complexity index is 1130. The zero-order chi connectivity index (χ0) is 22.5. The van der Waals surface area contributed by atoms with Gasteiger partial charge in [0.1, 0.15) is 0 Å². The molecule has 2 aromatic carbocycles. The summed E-state index contributed by atoms with van der Waals surface area (Å²) >= 11 is 1.37. The Balaban J connectivity index is 1.77. The molecule has 0 saturated carbocycles. The quantitative estimate of drug-likeness (QED) is 0.399. The van der Waals surface area contributed by atoms with Gasteiger partial charge in [-0.2, -0.15) is 0 Å². The van der Waals surface area contributed by atoms with Gasteiger partial charge in [0.05, 0.1) is 24.7 Å². The van der Waals surface area contributed by atoms with Gasteiger partial charge in [0.15, 0.2) is 24.7 Å². The third-order valence-corrected chi connectivity index (χ3v) is 5.80. The molecule has 2 N–H and O–H groups in total. The number of ketones is 1. The fourth-order valence-corrected chi connectivity index (χ4v) is 4.14. The van der Waals surface area contributed by atoms with Crippen molar-refractivity contribution in [3.63, 3.8) is 0 Å². The molecule has 0 aliphatic rings. The molecule has 0 bridgehead atoms. The van der Waals surface area contributed by atoms with Crippen molar-refractivity contribution < 1.29 is 33.3 Å². The highest BCUT2D eigenvalue weighted by Crippen LogP contribution is 2.39. The van der Waals surface area contributed by atoms with Crippen molar-refractivity contribution in [2.45, 2.75) is 6.92 Å². The van der Waals surface area contributed by atoms with Crippen LogP contribution in [0.1, 0.15) is 25.6 Å². The van der Waals surface area contributed by atoms with Gasteiger partial charge in [-0.15, -0.1) is 11.3 Å². The predicted molar refractivity (Wildman–Crippen MR) is 115 cm³/mol. The Labute approximate surface area is 182 Å². The second kappa shape index (κ2) is 9.48. The molecule has 3 rings (SSSR count). The van der Waals surface area contributed by atoms with E-state index in [9.17, 15) is 14.4 Å². The second-order valence-electron chi connectivity index (χ2n) is 6.52. The molecule has 0 aliphatic carbocycles. The molecule has 3 aromatic rings. The van der Waals surface area contributed by atoms with E-state index in [4.69, 9.17) is 24.7 Å². The van der Waals surface area contributed by atoms with E-state index >= 15 is 0 Å². The molecular weight excluding hydrogens is 422 g/mol. The average Bonchev–Trinajstić information content (AvgIpc) is 3.11. The number of ether oxygens (including phenoxy) is 4. The van der Waals surface area contributed by atoms with Crippen LogP contribution in [0, 0.1) is 6.92 Å². The van der Waals surface area contributed by atoms with Crippen molar-refractivity contribution >= 4 is 39.1 Å². The number of Topliss-reactive ketones (excluding diaryl/α,β-unsaturated/α-hetero) is 1. The van der Waals surface area contributed by atoms with Crippen molar-refractivity contribution in [2.24, 2.45) is 5.73 Å². The largest absolute Gasteiger partial charge is 0.493 e. The molecule has 0 saturated heterocycles. The Morgan fingerprint density at radius 1 is 1.00 bits per heavy atom. The summed E-state index contributed by atoms with van der Waals surface area (Å²) in [6, 6.07) is 10.4. The van der Waals surface area contributed by atoms with E-state index in [1.54, 1.807) is 0 Å². The topological polar surface area (TPSA) is 114 Å². The van der Waals surface area contributed by atoms with E-state index in [0.29, 0.717) is 4.88 Å². The minimum absolute atomic E-state index is 0.0981. The van der Waals surface area contributed by atoms with Crippen LogP contribution in [0.2, 0.25) is 0 Å². The van der Waals surface area contributed by atoms with Crippen LogP contribution >= 0.6 is 11.3 Å². The van der Waals surface area contributed by atoms with Gasteiger partial charge in [-0.3, -0.25) is 9.59 Å². The van der Waals surface area contributed by atoms with E-state index in [-0.39, 0.29) is 35.2 Å². The molecule has 9 heteroatoms. The normalized spacial score (nSPS) is 10.5. The number of amides is 1. The number of nitrogens with two attached hydrogens (primary N) is 1. The van der Waals surface area contributed by atoms with Crippen LogP contribution in [0.5, 0.6) is 17.2 Å². The molecule has 0 radical (unpaired) electrons. The van der Waals surface area contributed by atoms with E-state index in [1.165, 1.54) is 37.7 Å². The number of rotatable bonds is 9. The van der Waals surface area contributed by atoms with Gasteiger partial charge >= 0.3 is 5.97 Å². The first-order valence-corrected chi connectivity index (χ1v) is 10.0. The Kier molecular flexibility index (Phi) is 6.76. The van der Waals surface area contributed by atoms with E-state index in [2.05, 4.69) is 0 Å². The fraction of sp³-hybridized carbons (Fsp3) is 0.227. The number of hydrogen-bond acceptors (Lipinski definition) is 8. The number of aryl methyl sites for hydroxylation is 1. The highest BCUT2D eigenvalue weighted by Gasteiger charge is 2.21. The van der Waals surface area contributed by atoms with Gasteiger partial charge in [-0.25, -0.2) is 4.79 Å². The van der Waals surface area contributed by atoms with Crippen molar-refractivity contribution in [2.75, 3.05) is 27.4 Å². The van der Waals surface area contributed by atoms with Gasteiger partial charge in [0.25, 0.3) is 5.91 Å². The minimum atomic E-state index is -0.731. The second-order valence-corrected chi connectivity index (χ2v) is 7.57. The van der Waals surface area contributed by atoms with Gasteiger partial charge in [-0.1, -0.05) is 18.2 Å². The fourth-order valence-electron chi connectivity index (χ4n) is 3.00. The predicted octanol–water partition coefficient (Wildman–Crippen LogP) is 3.13. The molecular formula is C22H21NO7S. The molecule has 0 aliphatic heterocycles. The summed E-state index contributed by atoms with van der Waals surface area (Å²) < 4.78 is 22.0. The van der Waals surface area contributed by atoms with Crippen LogP contribution in [0.3, 0.4) is 0 Å². The SMILES string of the molecule is COc1cc(C(=O)OCC(=O)c2sc3ccccc3c2C)cc(OC)c1OCC(N)=O. The molecule has 1 amide bonds. The first-order valence-electron chi connectivity index (χ1n) is 9.21. The first kappa shape index (κ1) is 22.1. The van der Waals surface area contributed by atoms with Gasteiger partial charge in [-0.05, 0) is 36.1 Å². The van der Waals surface area contributed by atoms with Gasteiger partial charge in [0.2, 0.25) is 11.5 Å².